The van der Waals surface area contributed by atoms with Crippen LogP contribution in [-0.2, 0) is 6.54 Å². The lowest BCUT2D eigenvalue weighted by atomic mass is 10.4. The zero-order valence-corrected chi connectivity index (χ0v) is 6.45. The van der Waals surface area contributed by atoms with Crippen LogP contribution in [0.2, 0.25) is 0 Å². The fourth-order valence-electron chi connectivity index (χ4n) is 0.900. The first-order valence-corrected chi connectivity index (χ1v) is 3.38. The number of allylic oxidation sites excluding steroid dienone is 1. The van der Waals surface area contributed by atoms with E-state index in [4.69, 9.17) is 0 Å². The number of hydrogen-bond donors (Lipinski definition) is 0. The Morgan fingerprint density at radius 2 is 2.55 bits per heavy atom. The van der Waals surface area contributed by atoms with Crippen LogP contribution in [0.15, 0.2) is 18.7 Å². The van der Waals surface area contributed by atoms with E-state index in [1.54, 1.807) is 16.8 Å². The first-order valence-electron chi connectivity index (χ1n) is 3.38. The molecule has 0 N–H and O–H groups in total. The molecular formula is C8H10N2O. The molecule has 0 amide bonds. The summed E-state index contributed by atoms with van der Waals surface area (Å²) in [6, 6.07) is 1.75. The Kier molecular flexibility index (Phi) is 2.21. The number of carbonyl (C=O) groups excluding carboxylic acids is 1. The molecule has 3 heteroatoms. The van der Waals surface area contributed by atoms with Crippen LogP contribution in [0.1, 0.15) is 16.2 Å². The lowest BCUT2D eigenvalue weighted by Gasteiger charge is -1.96. The molecule has 0 spiro atoms. The molecule has 3 nitrogen and oxygen atoms in total. The van der Waals surface area contributed by atoms with E-state index < -0.39 is 0 Å². The van der Waals surface area contributed by atoms with E-state index in [0.717, 1.165) is 12.0 Å². The second kappa shape index (κ2) is 3.14. The van der Waals surface area contributed by atoms with Crippen LogP contribution in [0.25, 0.3) is 0 Å². The molecule has 0 aliphatic carbocycles. The summed E-state index contributed by atoms with van der Waals surface area (Å²) in [5.74, 6) is 0. The summed E-state index contributed by atoms with van der Waals surface area (Å²) in [7, 11) is 0. The van der Waals surface area contributed by atoms with Crippen molar-refractivity contribution in [3.8, 4) is 0 Å². The highest BCUT2D eigenvalue weighted by Gasteiger charge is 1.99. The van der Waals surface area contributed by atoms with Crippen molar-refractivity contribution in [1.82, 2.24) is 9.78 Å². The van der Waals surface area contributed by atoms with Gasteiger partial charge >= 0.3 is 0 Å². The quantitative estimate of drug-likeness (QED) is 0.479. The van der Waals surface area contributed by atoms with Crippen molar-refractivity contribution < 1.29 is 4.79 Å². The molecule has 0 saturated heterocycles. The molecule has 58 valence electrons. The lowest BCUT2D eigenvalue weighted by Crippen LogP contribution is -1.99. The zero-order chi connectivity index (χ0) is 8.27. The minimum absolute atomic E-state index is 0.476. The van der Waals surface area contributed by atoms with E-state index in [2.05, 4.69) is 11.7 Å². The number of aromatic nitrogens is 2. The molecule has 11 heavy (non-hydrogen) atoms. The molecule has 0 aromatic carbocycles. The van der Waals surface area contributed by atoms with Gasteiger partial charge in [-0.1, -0.05) is 6.08 Å². The Morgan fingerprint density at radius 1 is 1.82 bits per heavy atom. The average molecular weight is 150 g/mol. The van der Waals surface area contributed by atoms with Crippen LogP contribution < -0.4 is 0 Å². The number of aryl methyl sites for hydroxylation is 1. The molecule has 0 bridgehead atoms. The third-order valence-corrected chi connectivity index (χ3v) is 1.42. The smallest absolute Gasteiger partial charge is 0.170 e. The Bertz CT molecular complexity index is 276. The number of nitrogens with zero attached hydrogens (tertiary/aromatic N) is 2. The average Bonchev–Trinajstić information content (AvgIpc) is 2.33. The number of hydrogen-bond acceptors (Lipinski definition) is 2. The van der Waals surface area contributed by atoms with Gasteiger partial charge in [-0.2, -0.15) is 5.10 Å². The summed E-state index contributed by atoms with van der Waals surface area (Å²) in [5, 5.41) is 4.00. The van der Waals surface area contributed by atoms with Crippen LogP contribution in [0.5, 0.6) is 0 Å². The first kappa shape index (κ1) is 7.72. The van der Waals surface area contributed by atoms with Gasteiger partial charge < -0.3 is 0 Å². The van der Waals surface area contributed by atoms with E-state index in [1.807, 2.05) is 6.92 Å². The molecule has 0 aliphatic rings. The Labute approximate surface area is 65.3 Å². The Balaban J connectivity index is 2.96. The second-order valence-corrected chi connectivity index (χ2v) is 2.30. The monoisotopic (exact) mass is 150 g/mol. The van der Waals surface area contributed by atoms with E-state index in [-0.39, 0.29) is 0 Å². The molecule has 0 atom stereocenters. The molecular weight excluding hydrogens is 140 g/mol. The van der Waals surface area contributed by atoms with Crippen LogP contribution in [-0.4, -0.2) is 16.1 Å². The van der Waals surface area contributed by atoms with E-state index >= 15 is 0 Å². The summed E-state index contributed by atoms with van der Waals surface area (Å²) in [4.78, 5) is 10.3. The molecule has 0 unspecified atom stereocenters. The first-order chi connectivity index (χ1) is 5.27. The SMILES string of the molecule is C=CCn1nc(C=O)cc1C. The summed E-state index contributed by atoms with van der Waals surface area (Å²) in [5.41, 5.74) is 1.45. The molecule has 1 heterocycles. The summed E-state index contributed by atoms with van der Waals surface area (Å²) in [6.07, 6.45) is 2.49. The van der Waals surface area contributed by atoms with Gasteiger partial charge in [0.25, 0.3) is 0 Å². The van der Waals surface area contributed by atoms with Crippen molar-refractivity contribution in [3.05, 3.63) is 30.1 Å². The highest BCUT2D eigenvalue weighted by molar-refractivity contribution is 5.71. The van der Waals surface area contributed by atoms with E-state index in [9.17, 15) is 4.79 Å². The van der Waals surface area contributed by atoms with Crippen LogP contribution in [0, 0.1) is 6.92 Å². The molecule has 1 rings (SSSR count). The molecule has 1 aromatic heterocycles. The molecule has 0 aliphatic heterocycles. The highest BCUT2D eigenvalue weighted by atomic mass is 16.1. The van der Waals surface area contributed by atoms with Crippen molar-refractivity contribution in [2.45, 2.75) is 13.5 Å². The minimum atomic E-state index is 0.476. The maximum atomic E-state index is 10.3. The van der Waals surface area contributed by atoms with Gasteiger partial charge in [-0.15, -0.1) is 6.58 Å². The number of rotatable bonds is 3. The summed E-state index contributed by atoms with van der Waals surface area (Å²) in [6.45, 7) is 6.14. The van der Waals surface area contributed by atoms with Gasteiger partial charge in [0.05, 0.1) is 6.54 Å². The van der Waals surface area contributed by atoms with Crippen molar-refractivity contribution in [2.75, 3.05) is 0 Å². The maximum absolute atomic E-state index is 10.3. The Morgan fingerprint density at radius 3 is 3.00 bits per heavy atom. The van der Waals surface area contributed by atoms with Crippen LogP contribution >= 0.6 is 0 Å². The third kappa shape index (κ3) is 1.55. The predicted octanol–water partition coefficient (Wildman–Crippen LogP) is 1.19. The zero-order valence-electron chi connectivity index (χ0n) is 6.45. The molecule has 0 fully saturated rings. The molecule has 1 aromatic rings. The lowest BCUT2D eigenvalue weighted by molar-refractivity contribution is 0.111. The maximum Gasteiger partial charge on any atom is 0.170 e. The van der Waals surface area contributed by atoms with Gasteiger partial charge in [0.1, 0.15) is 5.69 Å². The summed E-state index contributed by atoms with van der Waals surface area (Å²) >= 11 is 0. The van der Waals surface area contributed by atoms with Gasteiger partial charge in [0.2, 0.25) is 0 Å². The van der Waals surface area contributed by atoms with Crippen molar-refractivity contribution in [3.63, 3.8) is 0 Å². The fraction of sp³-hybridized carbons (Fsp3) is 0.250. The fourth-order valence-corrected chi connectivity index (χ4v) is 0.900. The molecule has 0 saturated carbocycles. The highest BCUT2D eigenvalue weighted by Crippen LogP contribution is 2.00. The van der Waals surface area contributed by atoms with E-state index in [1.165, 1.54) is 0 Å². The number of aldehydes is 1. The number of carbonyl (C=O) groups is 1. The van der Waals surface area contributed by atoms with Gasteiger partial charge in [-0.25, -0.2) is 0 Å². The minimum Gasteiger partial charge on any atom is -0.296 e. The second-order valence-electron chi connectivity index (χ2n) is 2.30. The van der Waals surface area contributed by atoms with Crippen molar-refractivity contribution in [1.29, 1.82) is 0 Å². The van der Waals surface area contributed by atoms with E-state index in [0.29, 0.717) is 12.2 Å². The topological polar surface area (TPSA) is 34.9 Å². The predicted molar refractivity (Wildman–Crippen MR) is 42.5 cm³/mol. The van der Waals surface area contributed by atoms with Gasteiger partial charge in [-0.3, -0.25) is 9.48 Å². The normalized spacial score (nSPS) is 9.55. The van der Waals surface area contributed by atoms with Gasteiger partial charge in [0.15, 0.2) is 6.29 Å². The van der Waals surface area contributed by atoms with Gasteiger partial charge in [-0.05, 0) is 13.0 Å². The van der Waals surface area contributed by atoms with Crippen molar-refractivity contribution >= 4 is 6.29 Å². The third-order valence-electron chi connectivity index (χ3n) is 1.42. The standard InChI is InChI=1S/C8H10N2O/c1-3-4-10-7(2)5-8(6-11)9-10/h3,5-6H,1,4H2,2H3. The van der Waals surface area contributed by atoms with Crippen LogP contribution in [0.3, 0.4) is 0 Å². The van der Waals surface area contributed by atoms with Crippen molar-refractivity contribution in [2.24, 2.45) is 0 Å². The largest absolute Gasteiger partial charge is 0.296 e. The molecule has 0 radical (unpaired) electrons. The van der Waals surface area contributed by atoms with Gasteiger partial charge in [0, 0.05) is 5.69 Å². The summed E-state index contributed by atoms with van der Waals surface area (Å²) < 4.78 is 1.73. The van der Waals surface area contributed by atoms with Crippen LogP contribution in [0.4, 0.5) is 0 Å². The Hall–Kier alpha value is -1.38.